The van der Waals surface area contributed by atoms with Crippen LogP contribution in [0.15, 0.2) is 79.0 Å². The highest BCUT2D eigenvalue weighted by molar-refractivity contribution is 5.90. The first-order chi connectivity index (χ1) is 12.3. The maximum atomic E-state index is 11.6. The Kier molecular flexibility index (Phi) is 3.78. The average molecular weight is 328 g/mol. The normalized spacial score (nSPS) is 10.8. The van der Waals surface area contributed by atoms with Crippen LogP contribution in [-0.2, 0) is 4.74 Å². The number of esters is 1. The molecule has 0 bridgehead atoms. The summed E-state index contributed by atoms with van der Waals surface area (Å²) >= 11 is 0. The van der Waals surface area contributed by atoms with Crippen LogP contribution in [0, 0.1) is 0 Å². The first-order valence-corrected chi connectivity index (χ1v) is 7.99. The SMILES string of the molecule is COC(=O)c1ccc(-c2nc(-c3ccccc3)c3ccccn23)cc1. The molecule has 0 amide bonds. The lowest BCUT2D eigenvalue weighted by Crippen LogP contribution is -2.00. The Morgan fingerprint density at radius 1 is 0.880 bits per heavy atom. The minimum atomic E-state index is -0.343. The van der Waals surface area contributed by atoms with Gasteiger partial charge in [0.1, 0.15) is 5.82 Å². The standard InChI is InChI=1S/C21H16N2O2/c1-25-21(24)17-12-10-16(11-13-17)20-22-19(15-7-3-2-4-8-15)18-9-5-6-14-23(18)20/h2-14H,1H3. The summed E-state index contributed by atoms with van der Waals surface area (Å²) in [6.45, 7) is 0. The van der Waals surface area contributed by atoms with Gasteiger partial charge in [0.2, 0.25) is 0 Å². The topological polar surface area (TPSA) is 43.6 Å². The van der Waals surface area contributed by atoms with Gasteiger partial charge in [0, 0.05) is 17.3 Å². The van der Waals surface area contributed by atoms with Crippen LogP contribution >= 0.6 is 0 Å². The van der Waals surface area contributed by atoms with Crippen molar-refractivity contribution in [2.75, 3.05) is 7.11 Å². The largest absolute Gasteiger partial charge is 0.465 e. The molecule has 0 saturated carbocycles. The van der Waals surface area contributed by atoms with Gasteiger partial charge in [-0.25, -0.2) is 9.78 Å². The van der Waals surface area contributed by atoms with Crippen molar-refractivity contribution in [1.29, 1.82) is 0 Å². The number of pyridine rings is 1. The maximum Gasteiger partial charge on any atom is 0.337 e. The van der Waals surface area contributed by atoms with Crippen molar-refractivity contribution >= 4 is 11.5 Å². The van der Waals surface area contributed by atoms with Crippen LogP contribution < -0.4 is 0 Å². The van der Waals surface area contributed by atoms with Gasteiger partial charge < -0.3 is 4.74 Å². The number of imidazole rings is 1. The van der Waals surface area contributed by atoms with E-state index in [1.165, 1.54) is 7.11 Å². The second-order valence-electron chi connectivity index (χ2n) is 5.67. The van der Waals surface area contributed by atoms with Gasteiger partial charge in [-0.15, -0.1) is 0 Å². The number of fused-ring (bicyclic) bond motifs is 1. The molecule has 2 heterocycles. The van der Waals surface area contributed by atoms with Gasteiger partial charge in [-0.2, -0.15) is 0 Å². The van der Waals surface area contributed by atoms with Crippen molar-refractivity contribution in [3.63, 3.8) is 0 Å². The van der Waals surface area contributed by atoms with E-state index in [0.717, 1.165) is 28.2 Å². The molecule has 0 fully saturated rings. The molecular weight excluding hydrogens is 312 g/mol. The number of carbonyl (C=O) groups is 1. The number of methoxy groups -OCH3 is 1. The van der Waals surface area contributed by atoms with E-state index in [9.17, 15) is 4.79 Å². The molecule has 4 aromatic rings. The average Bonchev–Trinajstić information content (AvgIpc) is 3.08. The molecule has 2 aromatic carbocycles. The van der Waals surface area contributed by atoms with Gasteiger partial charge in [0.05, 0.1) is 23.9 Å². The molecule has 0 atom stereocenters. The Morgan fingerprint density at radius 2 is 1.60 bits per heavy atom. The minimum absolute atomic E-state index is 0.343. The Hall–Kier alpha value is -3.40. The van der Waals surface area contributed by atoms with Gasteiger partial charge in [-0.3, -0.25) is 4.40 Å². The van der Waals surface area contributed by atoms with Crippen LogP contribution in [0.3, 0.4) is 0 Å². The zero-order valence-electron chi connectivity index (χ0n) is 13.7. The fourth-order valence-electron chi connectivity index (χ4n) is 2.92. The lowest BCUT2D eigenvalue weighted by atomic mass is 10.1. The van der Waals surface area contributed by atoms with Crippen LogP contribution in [0.2, 0.25) is 0 Å². The molecular formula is C21H16N2O2. The van der Waals surface area contributed by atoms with Crippen molar-refractivity contribution in [1.82, 2.24) is 9.38 Å². The van der Waals surface area contributed by atoms with E-state index in [-0.39, 0.29) is 5.97 Å². The van der Waals surface area contributed by atoms with E-state index in [4.69, 9.17) is 9.72 Å². The van der Waals surface area contributed by atoms with Crippen molar-refractivity contribution in [2.24, 2.45) is 0 Å². The molecule has 4 heteroatoms. The van der Waals surface area contributed by atoms with E-state index in [2.05, 4.69) is 22.6 Å². The second kappa shape index (κ2) is 6.24. The van der Waals surface area contributed by atoms with Crippen molar-refractivity contribution in [3.05, 3.63) is 84.6 Å². The predicted molar refractivity (Wildman–Crippen MR) is 97.4 cm³/mol. The third-order valence-corrected chi connectivity index (χ3v) is 4.16. The summed E-state index contributed by atoms with van der Waals surface area (Å²) < 4.78 is 6.82. The molecule has 0 N–H and O–H groups in total. The van der Waals surface area contributed by atoms with Crippen LogP contribution in [0.4, 0.5) is 0 Å². The Balaban J connectivity index is 1.87. The van der Waals surface area contributed by atoms with Crippen LogP contribution in [0.25, 0.3) is 28.2 Å². The third-order valence-electron chi connectivity index (χ3n) is 4.16. The number of benzene rings is 2. The van der Waals surface area contributed by atoms with Crippen molar-refractivity contribution < 1.29 is 9.53 Å². The highest BCUT2D eigenvalue weighted by Gasteiger charge is 2.14. The fraction of sp³-hybridized carbons (Fsp3) is 0.0476. The number of rotatable bonds is 3. The molecule has 0 aliphatic carbocycles. The summed E-state index contributed by atoms with van der Waals surface area (Å²) in [6, 6.07) is 23.5. The van der Waals surface area contributed by atoms with Crippen LogP contribution in [0.5, 0.6) is 0 Å². The van der Waals surface area contributed by atoms with E-state index in [0.29, 0.717) is 5.56 Å². The molecule has 0 aliphatic rings. The van der Waals surface area contributed by atoms with Gasteiger partial charge in [0.25, 0.3) is 0 Å². The van der Waals surface area contributed by atoms with Crippen LogP contribution in [0.1, 0.15) is 10.4 Å². The maximum absolute atomic E-state index is 11.6. The Morgan fingerprint density at radius 3 is 2.32 bits per heavy atom. The summed E-state index contributed by atoms with van der Waals surface area (Å²) in [4.78, 5) is 16.5. The highest BCUT2D eigenvalue weighted by atomic mass is 16.5. The number of hydrogen-bond acceptors (Lipinski definition) is 3. The molecule has 0 radical (unpaired) electrons. The Labute approximate surface area is 145 Å². The number of carbonyl (C=O) groups excluding carboxylic acids is 1. The van der Waals surface area contributed by atoms with E-state index in [1.807, 2.05) is 48.7 Å². The highest BCUT2D eigenvalue weighted by Crippen LogP contribution is 2.29. The Bertz CT molecular complexity index is 1030. The molecule has 122 valence electrons. The van der Waals surface area contributed by atoms with Gasteiger partial charge in [-0.05, 0) is 24.3 Å². The minimum Gasteiger partial charge on any atom is -0.465 e. The number of nitrogens with zero attached hydrogens (tertiary/aromatic N) is 2. The molecule has 25 heavy (non-hydrogen) atoms. The van der Waals surface area contributed by atoms with Crippen molar-refractivity contribution in [2.45, 2.75) is 0 Å². The lowest BCUT2D eigenvalue weighted by molar-refractivity contribution is 0.0601. The number of aromatic nitrogens is 2. The monoisotopic (exact) mass is 328 g/mol. The zero-order valence-corrected chi connectivity index (χ0v) is 13.7. The molecule has 4 nitrogen and oxygen atoms in total. The van der Waals surface area contributed by atoms with Crippen LogP contribution in [-0.4, -0.2) is 22.5 Å². The van der Waals surface area contributed by atoms with E-state index >= 15 is 0 Å². The molecule has 0 spiro atoms. The molecule has 0 aliphatic heterocycles. The third kappa shape index (κ3) is 2.68. The molecule has 2 aromatic heterocycles. The summed E-state index contributed by atoms with van der Waals surface area (Å²) in [5, 5.41) is 0. The molecule has 0 saturated heterocycles. The summed E-state index contributed by atoms with van der Waals surface area (Å²) in [7, 11) is 1.38. The molecule has 0 unspecified atom stereocenters. The lowest BCUT2D eigenvalue weighted by Gasteiger charge is -2.03. The predicted octanol–water partition coefficient (Wildman–Crippen LogP) is 4.45. The van der Waals surface area contributed by atoms with E-state index in [1.54, 1.807) is 12.1 Å². The number of ether oxygens (including phenoxy) is 1. The molecule has 4 rings (SSSR count). The second-order valence-corrected chi connectivity index (χ2v) is 5.67. The fourth-order valence-corrected chi connectivity index (χ4v) is 2.92. The summed E-state index contributed by atoms with van der Waals surface area (Å²) in [5.74, 6) is 0.496. The first kappa shape index (κ1) is 15.1. The van der Waals surface area contributed by atoms with Crippen molar-refractivity contribution in [3.8, 4) is 22.6 Å². The number of hydrogen-bond donors (Lipinski definition) is 0. The van der Waals surface area contributed by atoms with Gasteiger partial charge >= 0.3 is 5.97 Å². The van der Waals surface area contributed by atoms with Gasteiger partial charge in [-0.1, -0.05) is 48.5 Å². The summed E-state index contributed by atoms with van der Waals surface area (Å²) in [5.41, 5.74) is 4.52. The van der Waals surface area contributed by atoms with E-state index < -0.39 is 0 Å². The smallest absolute Gasteiger partial charge is 0.337 e. The first-order valence-electron chi connectivity index (χ1n) is 7.99. The summed E-state index contributed by atoms with van der Waals surface area (Å²) in [6.07, 6.45) is 2.00. The van der Waals surface area contributed by atoms with Gasteiger partial charge in [0.15, 0.2) is 0 Å². The quantitative estimate of drug-likeness (QED) is 0.522. The zero-order chi connectivity index (χ0) is 17.2.